The first kappa shape index (κ1) is 42.0. The second-order valence-corrected chi connectivity index (χ2v) is 24.4. The predicted octanol–water partition coefficient (Wildman–Crippen LogP) is 16.3. The number of furan rings is 1. The van der Waals surface area contributed by atoms with Crippen molar-refractivity contribution in [3.63, 3.8) is 0 Å². The van der Waals surface area contributed by atoms with Crippen LogP contribution in [-0.2, 0) is 21.7 Å². The lowest BCUT2D eigenvalue weighted by atomic mass is 9.59. The Morgan fingerprint density at radius 2 is 1.31 bits per heavy atom. The summed E-state index contributed by atoms with van der Waals surface area (Å²) in [7, 11) is 2.44. The van der Waals surface area contributed by atoms with Gasteiger partial charge < -0.3 is 14.3 Å². The highest BCUT2D eigenvalue weighted by molar-refractivity contribution is 7.21. The fourth-order valence-corrected chi connectivity index (χ4v) is 13.5. The summed E-state index contributed by atoms with van der Waals surface area (Å²) in [4.78, 5) is 5.27. The maximum absolute atomic E-state index is 6.95. The summed E-state index contributed by atoms with van der Waals surface area (Å²) in [5.41, 5.74) is 24.0. The highest BCUT2D eigenvalue weighted by Gasteiger charge is 2.39. The average molecular weight is 925 g/mol. The van der Waals surface area contributed by atoms with E-state index in [-0.39, 0.29) is 21.7 Å². The molecule has 0 bridgehead atoms. The fraction of sp³-hybridized carbons (Fsp3) is 0.234. The summed E-state index contributed by atoms with van der Waals surface area (Å²) in [5.74, 6) is 0. The molecule has 2 aliphatic carbocycles. The van der Waals surface area contributed by atoms with Crippen LogP contribution in [0.4, 0.5) is 11.4 Å². The second kappa shape index (κ2) is 14.1. The summed E-state index contributed by atoms with van der Waals surface area (Å²) in [5, 5.41) is 9.83. The van der Waals surface area contributed by atoms with Gasteiger partial charge in [-0.3, -0.25) is 0 Å². The fourth-order valence-electron chi connectivity index (χ4n) is 12.5. The van der Waals surface area contributed by atoms with Gasteiger partial charge in [0.1, 0.15) is 16.2 Å². The topological polar surface area (TPSA) is 43.0 Å². The van der Waals surface area contributed by atoms with Crippen molar-refractivity contribution in [3.05, 3.63) is 167 Å². The number of benzene rings is 8. The van der Waals surface area contributed by atoms with E-state index in [2.05, 4.69) is 219 Å². The lowest BCUT2D eigenvalue weighted by Gasteiger charge is -2.41. The number of hydrogen-bond acceptors (Lipinski definition) is 4. The van der Waals surface area contributed by atoms with E-state index in [1.54, 1.807) is 11.3 Å². The molecule has 341 valence electrons. The Morgan fingerprint density at radius 3 is 2.09 bits per heavy atom. The van der Waals surface area contributed by atoms with Crippen LogP contribution in [0.15, 0.2) is 144 Å². The quantitative estimate of drug-likeness (QED) is 0.179. The van der Waals surface area contributed by atoms with Crippen molar-refractivity contribution in [3.8, 4) is 38.5 Å². The Bertz CT molecular complexity index is 4060. The first-order valence-corrected chi connectivity index (χ1v) is 25.9. The molecule has 0 fully saturated rings. The van der Waals surface area contributed by atoms with E-state index in [1.807, 2.05) is 0 Å². The molecule has 0 saturated heterocycles. The van der Waals surface area contributed by atoms with Crippen molar-refractivity contribution in [2.75, 3.05) is 5.32 Å². The molecular weight excluding hydrogens is 870 g/mol. The van der Waals surface area contributed by atoms with Crippen molar-refractivity contribution < 1.29 is 4.42 Å². The van der Waals surface area contributed by atoms with E-state index in [4.69, 9.17) is 9.40 Å². The summed E-state index contributed by atoms with van der Waals surface area (Å²) in [6.07, 6.45) is 2.31. The number of aromatic nitrogens is 2. The number of rotatable bonds is 4. The molecule has 6 heteroatoms. The van der Waals surface area contributed by atoms with Crippen molar-refractivity contribution >= 4 is 94.9 Å². The van der Waals surface area contributed by atoms with Gasteiger partial charge in [0.15, 0.2) is 7.28 Å². The predicted molar refractivity (Wildman–Crippen MR) is 298 cm³/mol. The van der Waals surface area contributed by atoms with E-state index in [9.17, 15) is 0 Å². The second-order valence-electron chi connectivity index (χ2n) is 23.4. The zero-order valence-corrected chi connectivity index (χ0v) is 42.3. The van der Waals surface area contributed by atoms with Gasteiger partial charge >= 0.3 is 0 Å². The van der Waals surface area contributed by atoms with E-state index in [0.29, 0.717) is 0 Å². The van der Waals surface area contributed by atoms with Crippen LogP contribution in [0, 0.1) is 0 Å². The molecule has 0 atom stereocenters. The van der Waals surface area contributed by atoms with Gasteiger partial charge in [0.25, 0.3) is 0 Å². The number of thiazole rings is 1. The first-order chi connectivity index (χ1) is 33.5. The Labute approximate surface area is 414 Å². The molecule has 8 aromatic carbocycles. The number of anilines is 2. The monoisotopic (exact) mass is 924 g/mol. The van der Waals surface area contributed by atoms with Crippen LogP contribution in [0.1, 0.15) is 103 Å². The molecule has 11 aromatic rings. The average Bonchev–Trinajstić information content (AvgIpc) is 4.07. The Balaban J connectivity index is 1.05. The Morgan fingerprint density at radius 1 is 0.614 bits per heavy atom. The van der Waals surface area contributed by atoms with Gasteiger partial charge in [-0.15, -0.1) is 11.3 Å². The maximum atomic E-state index is 6.95. The third kappa shape index (κ3) is 5.98. The molecule has 4 nitrogen and oxygen atoms in total. The summed E-state index contributed by atoms with van der Waals surface area (Å²) in [6, 6.07) is 52.6. The first-order valence-electron chi connectivity index (χ1n) is 25.1. The number of fused-ring (bicyclic) bond motifs is 13. The molecule has 70 heavy (non-hydrogen) atoms. The van der Waals surface area contributed by atoms with E-state index < -0.39 is 0 Å². The normalized spacial score (nSPS) is 16.1. The van der Waals surface area contributed by atoms with Gasteiger partial charge in [0, 0.05) is 61.0 Å². The van der Waals surface area contributed by atoms with Crippen molar-refractivity contribution in [2.24, 2.45) is 0 Å². The number of nitrogens with one attached hydrogen (secondary N) is 1. The zero-order valence-electron chi connectivity index (χ0n) is 41.5. The van der Waals surface area contributed by atoms with Gasteiger partial charge in [0.05, 0.1) is 21.4 Å². The zero-order chi connectivity index (χ0) is 47.8. The highest BCUT2D eigenvalue weighted by atomic mass is 32.1. The number of hydrogen-bond donors (Lipinski definition) is 1. The van der Waals surface area contributed by atoms with Crippen molar-refractivity contribution in [1.82, 2.24) is 9.55 Å². The van der Waals surface area contributed by atoms with E-state index >= 15 is 0 Å². The molecule has 0 amide bonds. The molecule has 3 aliphatic rings. The largest absolute Gasteiger partial charge is 0.456 e. The van der Waals surface area contributed by atoms with Crippen LogP contribution in [0.25, 0.3) is 92.5 Å². The van der Waals surface area contributed by atoms with Crippen LogP contribution in [0.5, 0.6) is 0 Å². The molecule has 0 spiro atoms. The van der Waals surface area contributed by atoms with Crippen LogP contribution < -0.4 is 16.2 Å². The molecule has 14 rings (SSSR count). The van der Waals surface area contributed by atoms with Gasteiger partial charge in [-0.25, -0.2) is 4.98 Å². The lowest BCUT2D eigenvalue weighted by Crippen LogP contribution is -2.37. The minimum Gasteiger partial charge on any atom is -0.456 e. The molecule has 1 aliphatic heterocycles. The van der Waals surface area contributed by atoms with Crippen LogP contribution in [0.2, 0.25) is 0 Å². The van der Waals surface area contributed by atoms with Crippen LogP contribution in [0.3, 0.4) is 0 Å². The third-order valence-corrected chi connectivity index (χ3v) is 17.7. The summed E-state index contributed by atoms with van der Waals surface area (Å²) >= 11 is 1.77. The van der Waals surface area contributed by atoms with Gasteiger partial charge in [-0.05, 0) is 134 Å². The third-order valence-electron chi connectivity index (χ3n) is 16.7. The van der Waals surface area contributed by atoms with Crippen LogP contribution in [-0.4, -0.2) is 16.8 Å². The smallest absolute Gasteiger partial charge is 0.198 e. The van der Waals surface area contributed by atoms with E-state index in [1.165, 1.54) is 87.5 Å². The summed E-state index contributed by atoms with van der Waals surface area (Å²) < 4.78 is 10.7. The molecule has 0 saturated carbocycles. The molecule has 3 aromatic heterocycles. The molecule has 0 unspecified atom stereocenters. The molecule has 1 N–H and O–H groups in total. The molecular formula is C64H55BN3OS. The van der Waals surface area contributed by atoms with Crippen LogP contribution >= 0.6 is 11.3 Å². The summed E-state index contributed by atoms with van der Waals surface area (Å²) in [6.45, 7) is 21.2. The van der Waals surface area contributed by atoms with Gasteiger partial charge in [-0.1, -0.05) is 147 Å². The van der Waals surface area contributed by atoms with Gasteiger partial charge in [-0.2, -0.15) is 0 Å². The Hall–Kier alpha value is -6.89. The number of nitrogens with zero attached hydrogens (tertiary/aromatic N) is 2. The Kier molecular flexibility index (Phi) is 8.49. The minimum atomic E-state index is -0.140. The lowest BCUT2D eigenvalue weighted by molar-refractivity contribution is 0.332. The minimum absolute atomic E-state index is 0.0499. The molecule has 1 radical (unpaired) electrons. The van der Waals surface area contributed by atoms with Crippen molar-refractivity contribution in [1.29, 1.82) is 0 Å². The highest BCUT2D eigenvalue weighted by Crippen LogP contribution is 2.53. The maximum Gasteiger partial charge on any atom is 0.198 e. The van der Waals surface area contributed by atoms with E-state index in [0.717, 1.165) is 67.9 Å². The SMILES string of the molecule is CC(C)(C)c1ccc(Nc2cc3oc4cc5c(cc4c3cc2-c2ccc3c4cc6c(cc4n4c3c2[B]c2cc3nc(-c7ccccc7)sc3cc2-4)C(C)(C)c2ccccc2-6)C(C)(C)CCC5(C)C)cc1. The standard InChI is InChI=1S/C64H55BN3OS/c1-61(2,3)36-19-21-37(22-20-36)66-51-33-56-44(45-29-48-49(31-55(45)69-56)63(6,7)26-25-62(48,4)5)28-42(51)39-23-24-40-43-27-41-38-17-13-14-18-46(38)64(8,9)47(41)30-53(43)68-54-34-57-52(32-50(54)65-58(39)59(40)68)67-60(70-57)35-15-11-10-12-16-35/h10-24,27-34,66H,25-26H2,1-9H3. The van der Waals surface area contributed by atoms with Gasteiger partial charge in [0.2, 0.25) is 0 Å². The molecule has 4 heterocycles. The van der Waals surface area contributed by atoms with Crippen molar-refractivity contribution in [2.45, 2.75) is 96.8 Å².